The van der Waals surface area contributed by atoms with Gasteiger partial charge < -0.3 is 5.73 Å². The maximum atomic E-state index is 13.3. The van der Waals surface area contributed by atoms with Crippen molar-refractivity contribution in [1.29, 1.82) is 0 Å². The van der Waals surface area contributed by atoms with Crippen molar-refractivity contribution in [3.05, 3.63) is 29.0 Å². The molecule has 3 N–H and O–H groups in total. The van der Waals surface area contributed by atoms with Crippen LogP contribution >= 0.6 is 23.8 Å². The second-order valence-corrected chi connectivity index (χ2v) is 6.22. The van der Waals surface area contributed by atoms with Crippen LogP contribution in [-0.4, -0.2) is 18.7 Å². The van der Waals surface area contributed by atoms with E-state index in [9.17, 15) is 12.8 Å². The highest BCUT2D eigenvalue weighted by molar-refractivity contribution is 7.95. The molecule has 17 heavy (non-hydrogen) atoms. The van der Waals surface area contributed by atoms with Crippen LogP contribution in [0.25, 0.3) is 0 Å². The lowest BCUT2D eigenvalue weighted by molar-refractivity contribution is 0.596. The molecule has 0 heterocycles. The monoisotopic (exact) mass is 296 g/mol. The van der Waals surface area contributed by atoms with E-state index in [1.807, 2.05) is 0 Å². The number of thiocarbonyl (C=S) groups is 1. The molecule has 0 aliphatic heterocycles. The van der Waals surface area contributed by atoms with Crippen molar-refractivity contribution >= 4 is 44.5 Å². The molecular weight excluding hydrogens is 287 g/mol. The maximum absolute atomic E-state index is 13.3. The van der Waals surface area contributed by atoms with Crippen molar-refractivity contribution in [1.82, 2.24) is 0 Å². The Hall–Kier alpha value is -0.920. The highest BCUT2D eigenvalue weighted by Crippen LogP contribution is 2.21. The minimum Gasteiger partial charge on any atom is -0.392 e. The van der Waals surface area contributed by atoms with Gasteiger partial charge in [0.05, 0.1) is 10.7 Å². The maximum Gasteiger partial charge on any atom is 0.241 e. The number of sulfonamides is 1. The van der Waals surface area contributed by atoms with E-state index in [0.29, 0.717) is 0 Å². The highest BCUT2D eigenvalue weighted by atomic mass is 35.5. The summed E-state index contributed by atoms with van der Waals surface area (Å²) in [6.45, 7) is 1.31. The minimum absolute atomic E-state index is 0.195. The van der Waals surface area contributed by atoms with E-state index in [1.165, 1.54) is 19.1 Å². The Kier molecular flexibility index (Phi) is 4.29. The summed E-state index contributed by atoms with van der Waals surface area (Å²) in [5, 5.41) is -0.886. The third-order valence-electron chi connectivity index (χ3n) is 2.05. The Morgan fingerprint density at radius 2 is 2.18 bits per heavy atom. The average molecular weight is 297 g/mol. The number of anilines is 1. The second-order valence-electron chi connectivity index (χ2n) is 3.32. The first kappa shape index (κ1) is 14.1. The first-order valence-corrected chi connectivity index (χ1v) is 6.83. The van der Waals surface area contributed by atoms with Crippen LogP contribution in [0.1, 0.15) is 6.92 Å². The Morgan fingerprint density at radius 3 is 2.71 bits per heavy atom. The second kappa shape index (κ2) is 5.16. The van der Waals surface area contributed by atoms with E-state index in [-0.39, 0.29) is 15.7 Å². The molecule has 94 valence electrons. The fourth-order valence-corrected chi connectivity index (χ4v) is 2.47. The molecular formula is C9H10ClFN2O2S2. The van der Waals surface area contributed by atoms with Gasteiger partial charge in [-0.25, -0.2) is 12.8 Å². The molecule has 4 nitrogen and oxygen atoms in total. The van der Waals surface area contributed by atoms with Gasteiger partial charge >= 0.3 is 0 Å². The number of nitrogens with one attached hydrogen (secondary N) is 1. The van der Waals surface area contributed by atoms with E-state index in [2.05, 4.69) is 16.9 Å². The van der Waals surface area contributed by atoms with Crippen LogP contribution in [0, 0.1) is 5.82 Å². The quantitative estimate of drug-likeness (QED) is 0.832. The first-order chi connectivity index (χ1) is 7.74. The Morgan fingerprint density at radius 1 is 1.59 bits per heavy atom. The lowest BCUT2D eigenvalue weighted by Crippen LogP contribution is -2.35. The average Bonchev–Trinajstić information content (AvgIpc) is 2.21. The van der Waals surface area contributed by atoms with Gasteiger partial charge in [0.25, 0.3) is 0 Å². The lowest BCUT2D eigenvalue weighted by atomic mass is 10.3. The van der Waals surface area contributed by atoms with Crippen LogP contribution in [0.15, 0.2) is 18.2 Å². The van der Waals surface area contributed by atoms with Gasteiger partial charge in [-0.2, -0.15) is 0 Å². The zero-order chi connectivity index (χ0) is 13.2. The predicted molar refractivity (Wildman–Crippen MR) is 70.2 cm³/mol. The van der Waals surface area contributed by atoms with Crippen LogP contribution in [0.5, 0.6) is 0 Å². The summed E-state index contributed by atoms with van der Waals surface area (Å²) in [6, 6.07) is 3.54. The van der Waals surface area contributed by atoms with Crippen LogP contribution in [-0.2, 0) is 10.0 Å². The number of halogens is 2. The molecule has 1 aromatic rings. The lowest BCUT2D eigenvalue weighted by Gasteiger charge is -2.14. The van der Waals surface area contributed by atoms with Crippen LogP contribution < -0.4 is 10.5 Å². The summed E-state index contributed by atoms with van der Waals surface area (Å²) in [6.07, 6.45) is 0. The largest absolute Gasteiger partial charge is 0.392 e. The van der Waals surface area contributed by atoms with Crippen molar-refractivity contribution in [2.24, 2.45) is 5.73 Å². The number of rotatable bonds is 4. The SMILES string of the molecule is CC(C(N)=S)S(=O)(=O)Nc1cc(Cl)ccc1F. The number of nitrogens with two attached hydrogens (primary N) is 1. The molecule has 0 saturated carbocycles. The number of hydrogen-bond donors (Lipinski definition) is 2. The molecule has 0 aliphatic carbocycles. The standard InChI is InChI=1S/C9H10ClFN2O2S2/c1-5(9(12)16)17(14,15)13-8-4-6(10)2-3-7(8)11/h2-5,13H,1H3,(H2,12,16). The molecule has 1 aromatic carbocycles. The van der Waals surface area contributed by atoms with E-state index in [4.69, 9.17) is 17.3 Å². The molecule has 0 radical (unpaired) electrons. The molecule has 1 atom stereocenters. The molecule has 0 aliphatic rings. The summed E-state index contributed by atoms with van der Waals surface area (Å²) >= 11 is 10.2. The van der Waals surface area contributed by atoms with Crippen molar-refractivity contribution in [2.75, 3.05) is 4.72 Å². The van der Waals surface area contributed by atoms with Crippen molar-refractivity contribution in [3.8, 4) is 0 Å². The zero-order valence-corrected chi connectivity index (χ0v) is 11.2. The molecule has 0 fully saturated rings. The molecule has 0 bridgehead atoms. The van der Waals surface area contributed by atoms with E-state index >= 15 is 0 Å². The summed E-state index contributed by atoms with van der Waals surface area (Å²) in [5.74, 6) is -0.729. The van der Waals surface area contributed by atoms with Gasteiger partial charge in [0.1, 0.15) is 11.1 Å². The predicted octanol–water partition coefficient (Wildman–Crippen LogP) is 1.90. The molecule has 0 saturated heterocycles. The smallest absolute Gasteiger partial charge is 0.241 e. The first-order valence-electron chi connectivity index (χ1n) is 4.50. The van der Waals surface area contributed by atoms with Gasteiger partial charge in [-0.1, -0.05) is 23.8 Å². The molecule has 0 aromatic heterocycles. The normalized spacial score (nSPS) is 13.1. The summed E-state index contributed by atoms with van der Waals surface area (Å²) in [5.41, 5.74) is 5.00. The molecule has 1 unspecified atom stereocenters. The van der Waals surface area contributed by atoms with Crippen molar-refractivity contribution in [2.45, 2.75) is 12.2 Å². The van der Waals surface area contributed by atoms with Gasteiger partial charge in [0, 0.05) is 5.02 Å². The molecule has 8 heteroatoms. The zero-order valence-electron chi connectivity index (χ0n) is 8.78. The van der Waals surface area contributed by atoms with Crippen molar-refractivity contribution in [3.63, 3.8) is 0 Å². The Balaban J connectivity index is 3.06. The van der Waals surface area contributed by atoms with Gasteiger partial charge in [0.2, 0.25) is 10.0 Å². The molecule has 1 rings (SSSR count). The summed E-state index contributed by atoms with van der Waals surface area (Å²) in [4.78, 5) is -0.195. The fraction of sp³-hybridized carbons (Fsp3) is 0.222. The number of benzene rings is 1. The Bertz CT molecular complexity index is 548. The minimum atomic E-state index is -3.87. The highest BCUT2D eigenvalue weighted by Gasteiger charge is 2.24. The van der Waals surface area contributed by atoms with Gasteiger partial charge in [-0.3, -0.25) is 4.72 Å². The van der Waals surface area contributed by atoms with Crippen LogP contribution in [0.2, 0.25) is 5.02 Å². The molecule has 0 spiro atoms. The van der Waals surface area contributed by atoms with Crippen LogP contribution in [0.4, 0.5) is 10.1 Å². The fourth-order valence-electron chi connectivity index (χ4n) is 0.970. The summed E-state index contributed by atoms with van der Waals surface area (Å²) < 4.78 is 38.8. The van der Waals surface area contributed by atoms with Crippen molar-refractivity contribution < 1.29 is 12.8 Å². The number of hydrogen-bond acceptors (Lipinski definition) is 3. The van der Waals surface area contributed by atoms with Gasteiger partial charge in [0.15, 0.2) is 0 Å². The van der Waals surface area contributed by atoms with Gasteiger partial charge in [-0.15, -0.1) is 0 Å². The van der Waals surface area contributed by atoms with Gasteiger partial charge in [-0.05, 0) is 25.1 Å². The third-order valence-corrected chi connectivity index (χ3v) is 4.47. The topological polar surface area (TPSA) is 72.2 Å². The van der Waals surface area contributed by atoms with E-state index in [1.54, 1.807) is 0 Å². The molecule has 0 amide bonds. The van der Waals surface area contributed by atoms with E-state index in [0.717, 1.165) is 6.07 Å². The third kappa shape index (κ3) is 3.52. The summed E-state index contributed by atoms with van der Waals surface area (Å²) in [7, 11) is -3.87. The van der Waals surface area contributed by atoms with Crippen LogP contribution in [0.3, 0.4) is 0 Å². The van der Waals surface area contributed by atoms with E-state index < -0.39 is 21.1 Å². The Labute approximate surface area is 109 Å².